The minimum Gasteiger partial charge on any atom is -0.393 e. The smallest absolute Gasteiger partial charge is 0.242 e. The standard InChI is InChI=1S/C14H22N2O3S/c1-15-20(18,19)14-8-3-2-7-13(14)16-10-11-5-4-6-12(17)9-11/h2-3,7-8,11-12,15-17H,4-6,9-10H2,1H3. The fraction of sp³-hybridized carbons (Fsp3) is 0.571. The molecule has 1 aromatic carbocycles. The predicted octanol–water partition coefficient (Wildman–Crippen LogP) is 1.56. The molecule has 0 radical (unpaired) electrons. The van der Waals surface area contributed by atoms with Crippen molar-refractivity contribution in [1.82, 2.24) is 4.72 Å². The van der Waals surface area contributed by atoms with Crippen LogP contribution in [0.15, 0.2) is 29.2 Å². The first-order valence-electron chi connectivity index (χ1n) is 6.97. The molecule has 2 rings (SSSR count). The second-order valence-corrected chi connectivity index (χ2v) is 7.13. The molecule has 1 saturated carbocycles. The molecule has 0 spiro atoms. The highest BCUT2D eigenvalue weighted by Crippen LogP contribution is 2.26. The molecule has 5 nitrogen and oxygen atoms in total. The van der Waals surface area contributed by atoms with Crippen molar-refractivity contribution in [2.75, 3.05) is 18.9 Å². The van der Waals surface area contributed by atoms with E-state index in [1.165, 1.54) is 7.05 Å². The van der Waals surface area contributed by atoms with E-state index in [-0.39, 0.29) is 11.0 Å². The summed E-state index contributed by atoms with van der Waals surface area (Å²) in [5.74, 6) is 0.393. The van der Waals surface area contributed by atoms with Crippen molar-refractivity contribution in [2.45, 2.75) is 36.7 Å². The third-order valence-corrected chi connectivity index (χ3v) is 5.25. The monoisotopic (exact) mass is 298 g/mol. The number of sulfonamides is 1. The Labute approximate surface area is 120 Å². The normalized spacial score (nSPS) is 23.5. The Kier molecular flexibility index (Phi) is 5.01. The van der Waals surface area contributed by atoms with Crippen LogP contribution in [0, 0.1) is 5.92 Å². The SMILES string of the molecule is CNS(=O)(=O)c1ccccc1NCC1CCCC(O)C1. The zero-order valence-electron chi connectivity index (χ0n) is 11.7. The molecule has 6 heteroatoms. The van der Waals surface area contributed by atoms with Crippen molar-refractivity contribution in [3.63, 3.8) is 0 Å². The van der Waals surface area contributed by atoms with Crippen molar-refractivity contribution in [1.29, 1.82) is 0 Å². The van der Waals surface area contributed by atoms with Crippen LogP contribution in [-0.4, -0.2) is 33.2 Å². The van der Waals surface area contributed by atoms with Crippen LogP contribution < -0.4 is 10.0 Å². The van der Waals surface area contributed by atoms with Gasteiger partial charge < -0.3 is 10.4 Å². The van der Waals surface area contributed by atoms with Crippen LogP contribution in [-0.2, 0) is 10.0 Å². The Morgan fingerprint density at radius 2 is 2.05 bits per heavy atom. The number of hydrogen-bond donors (Lipinski definition) is 3. The first kappa shape index (κ1) is 15.3. The molecule has 1 fully saturated rings. The van der Waals surface area contributed by atoms with E-state index < -0.39 is 10.0 Å². The fourth-order valence-electron chi connectivity index (χ4n) is 2.66. The molecule has 3 N–H and O–H groups in total. The molecule has 112 valence electrons. The second-order valence-electron chi connectivity index (χ2n) is 5.27. The minimum atomic E-state index is -3.45. The fourth-order valence-corrected chi connectivity index (χ4v) is 3.57. The molecule has 2 unspecified atom stereocenters. The molecule has 0 saturated heterocycles. The van der Waals surface area contributed by atoms with Gasteiger partial charge in [0.25, 0.3) is 0 Å². The zero-order chi connectivity index (χ0) is 14.6. The summed E-state index contributed by atoms with van der Waals surface area (Å²) >= 11 is 0. The van der Waals surface area contributed by atoms with Gasteiger partial charge in [-0.1, -0.05) is 18.6 Å². The average molecular weight is 298 g/mol. The molecule has 2 atom stereocenters. The molecule has 0 bridgehead atoms. The maximum Gasteiger partial charge on any atom is 0.242 e. The maximum atomic E-state index is 11.9. The van der Waals surface area contributed by atoms with Gasteiger partial charge in [-0.05, 0) is 44.4 Å². The molecular weight excluding hydrogens is 276 g/mol. The van der Waals surface area contributed by atoms with Gasteiger partial charge in [-0.25, -0.2) is 13.1 Å². The van der Waals surface area contributed by atoms with E-state index in [1.54, 1.807) is 18.2 Å². The highest BCUT2D eigenvalue weighted by molar-refractivity contribution is 7.89. The zero-order valence-corrected chi connectivity index (χ0v) is 12.5. The highest BCUT2D eigenvalue weighted by atomic mass is 32.2. The number of rotatable bonds is 5. The summed E-state index contributed by atoms with van der Waals surface area (Å²) in [6.45, 7) is 0.688. The number of nitrogens with one attached hydrogen (secondary N) is 2. The van der Waals surface area contributed by atoms with Crippen molar-refractivity contribution >= 4 is 15.7 Å². The number of hydrogen-bond acceptors (Lipinski definition) is 4. The van der Waals surface area contributed by atoms with E-state index in [0.29, 0.717) is 18.2 Å². The topological polar surface area (TPSA) is 78.4 Å². The molecule has 1 aliphatic carbocycles. The summed E-state index contributed by atoms with van der Waals surface area (Å²) < 4.78 is 26.2. The number of benzene rings is 1. The quantitative estimate of drug-likeness (QED) is 0.771. The summed E-state index contributed by atoms with van der Waals surface area (Å²) in [4.78, 5) is 0.263. The van der Waals surface area contributed by atoms with Gasteiger partial charge >= 0.3 is 0 Å². The van der Waals surface area contributed by atoms with Crippen molar-refractivity contribution in [3.8, 4) is 0 Å². The number of anilines is 1. The molecule has 0 amide bonds. The van der Waals surface area contributed by atoms with Gasteiger partial charge in [-0.15, -0.1) is 0 Å². The number of aliphatic hydroxyl groups is 1. The third kappa shape index (κ3) is 3.71. The van der Waals surface area contributed by atoms with Crippen molar-refractivity contribution in [3.05, 3.63) is 24.3 Å². The van der Waals surface area contributed by atoms with E-state index in [4.69, 9.17) is 0 Å². The van der Waals surface area contributed by atoms with Crippen molar-refractivity contribution in [2.24, 2.45) is 5.92 Å². The lowest BCUT2D eigenvalue weighted by molar-refractivity contribution is 0.104. The summed E-state index contributed by atoms with van der Waals surface area (Å²) in [6, 6.07) is 6.87. The largest absolute Gasteiger partial charge is 0.393 e. The lowest BCUT2D eigenvalue weighted by atomic mass is 9.87. The van der Waals surface area contributed by atoms with Crippen molar-refractivity contribution < 1.29 is 13.5 Å². The lowest BCUT2D eigenvalue weighted by Gasteiger charge is -2.26. The van der Waals surface area contributed by atoms with Gasteiger partial charge in [0.15, 0.2) is 0 Å². The van der Waals surface area contributed by atoms with Crippen LogP contribution in [0.25, 0.3) is 0 Å². The predicted molar refractivity (Wildman–Crippen MR) is 79.1 cm³/mol. The Hall–Kier alpha value is -1.11. The van der Waals surface area contributed by atoms with E-state index in [2.05, 4.69) is 10.0 Å². The van der Waals surface area contributed by atoms with Gasteiger partial charge in [-0.2, -0.15) is 0 Å². The number of para-hydroxylation sites is 1. The first-order valence-corrected chi connectivity index (χ1v) is 8.46. The third-order valence-electron chi connectivity index (χ3n) is 3.78. The van der Waals surface area contributed by atoms with Crippen LogP contribution in [0.1, 0.15) is 25.7 Å². The Morgan fingerprint density at radius 3 is 2.75 bits per heavy atom. The van der Waals surface area contributed by atoms with E-state index in [1.807, 2.05) is 6.07 Å². The second kappa shape index (κ2) is 6.56. The van der Waals surface area contributed by atoms with Crippen LogP contribution in [0.3, 0.4) is 0 Å². The summed E-state index contributed by atoms with van der Waals surface area (Å²) in [5.41, 5.74) is 0.613. The van der Waals surface area contributed by atoms with Crippen LogP contribution in [0.2, 0.25) is 0 Å². The average Bonchev–Trinajstić information content (AvgIpc) is 2.45. The molecular formula is C14H22N2O3S. The molecule has 0 heterocycles. The Morgan fingerprint density at radius 1 is 1.30 bits per heavy atom. The first-order chi connectivity index (χ1) is 9.53. The molecule has 1 aromatic rings. The molecule has 0 aliphatic heterocycles. The highest BCUT2D eigenvalue weighted by Gasteiger charge is 2.21. The summed E-state index contributed by atoms with van der Waals surface area (Å²) in [5, 5.41) is 12.9. The van der Waals surface area contributed by atoms with Gasteiger partial charge in [0.05, 0.1) is 11.8 Å². The maximum absolute atomic E-state index is 11.9. The van der Waals surface area contributed by atoms with Gasteiger partial charge in [-0.3, -0.25) is 0 Å². The minimum absolute atomic E-state index is 0.216. The van der Waals surface area contributed by atoms with Crippen LogP contribution in [0.5, 0.6) is 0 Å². The lowest BCUT2D eigenvalue weighted by Crippen LogP contribution is -2.26. The van der Waals surface area contributed by atoms with Gasteiger partial charge in [0.1, 0.15) is 4.90 Å². The Bertz CT molecular complexity index is 545. The number of aliphatic hydroxyl groups excluding tert-OH is 1. The van der Waals surface area contributed by atoms with E-state index >= 15 is 0 Å². The van der Waals surface area contributed by atoms with E-state index in [0.717, 1.165) is 25.7 Å². The van der Waals surface area contributed by atoms with Crippen LogP contribution in [0.4, 0.5) is 5.69 Å². The van der Waals surface area contributed by atoms with E-state index in [9.17, 15) is 13.5 Å². The molecule has 20 heavy (non-hydrogen) atoms. The van der Waals surface area contributed by atoms with Gasteiger partial charge in [0.2, 0.25) is 10.0 Å². The van der Waals surface area contributed by atoms with Crippen LogP contribution >= 0.6 is 0 Å². The summed E-state index contributed by atoms with van der Waals surface area (Å²) in [6.07, 6.45) is 3.55. The molecule has 1 aliphatic rings. The van der Waals surface area contributed by atoms with Gasteiger partial charge in [0, 0.05) is 6.54 Å². The summed E-state index contributed by atoms with van der Waals surface area (Å²) in [7, 11) is -2.05. The molecule has 0 aromatic heterocycles. The Balaban J connectivity index is 2.06.